The van der Waals surface area contributed by atoms with E-state index in [9.17, 15) is 0 Å². The summed E-state index contributed by atoms with van der Waals surface area (Å²) in [4.78, 5) is 2.48. The Hall–Kier alpha value is -6.44. The van der Waals surface area contributed by atoms with E-state index >= 15 is 0 Å². The fraction of sp³-hybridized carbons (Fsp3) is 0.0588. The molecule has 1 nitrogen and oxygen atoms in total. The van der Waals surface area contributed by atoms with Crippen molar-refractivity contribution in [3.63, 3.8) is 0 Å². The lowest BCUT2D eigenvalue weighted by Crippen LogP contribution is -2.17. The number of fused-ring (bicyclic) bond motifs is 9. The number of hydrogen-bond donors (Lipinski definition) is 0. The molecule has 0 radical (unpaired) electrons. The highest BCUT2D eigenvalue weighted by Crippen LogP contribution is 2.57. The molecule has 246 valence electrons. The molecule has 0 heterocycles. The van der Waals surface area contributed by atoms with Crippen molar-refractivity contribution in [1.82, 2.24) is 0 Å². The summed E-state index contributed by atoms with van der Waals surface area (Å²) >= 11 is 0. The first-order chi connectivity index (χ1) is 25.5. The van der Waals surface area contributed by atoms with Gasteiger partial charge in [0.25, 0.3) is 0 Å². The van der Waals surface area contributed by atoms with Crippen LogP contribution in [0.25, 0.3) is 66.4 Å². The molecule has 0 aromatic heterocycles. The molecule has 1 heteroatoms. The number of rotatable bonds is 5. The third-order valence-corrected chi connectivity index (χ3v) is 11.2. The van der Waals surface area contributed by atoms with Gasteiger partial charge < -0.3 is 4.90 Å². The molecule has 0 atom stereocenters. The minimum absolute atomic E-state index is 0.235. The minimum Gasteiger partial charge on any atom is -0.310 e. The molecule has 0 spiro atoms. The van der Waals surface area contributed by atoms with Crippen LogP contribution in [0.15, 0.2) is 176 Å². The fourth-order valence-electron chi connectivity index (χ4n) is 8.56. The molecule has 0 saturated heterocycles. The zero-order valence-corrected chi connectivity index (χ0v) is 29.3. The second-order valence-electron chi connectivity index (χ2n) is 14.6. The zero-order chi connectivity index (χ0) is 34.8. The van der Waals surface area contributed by atoms with Crippen LogP contribution in [0.5, 0.6) is 0 Å². The molecule has 0 fully saturated rings. The smallest absolute Gasteiger partial charge is 0.0543 e. The molecule has 0 amide bonds. The summed E-state index contributed by atoms with van der Waals surface area (Å²) in [5.41, 5.74) is 11.1. The van der Waals surface area contributed by atoms with Crippen LogP contribution in [0.2, 0.25) is 0 Å². The molecule has 0 bridgehead atoms. The predicted octanol–water partition coefficient (Wildman–Crippen LogP) is 14.2. The summed E-state index contributed by atoms with van der Waals surface area (Å²) in [5.74, 6) is 0. The van der Waals surface area contributed by atoms with Crippen LogP contribution in [0.3, 0.4) is 0 Å². The average Bonchev–Trinajstić information content (AvgIpc) is 3.43. The van der Waals surface area contributed by atoms with Gasteiger partial charge in [-0.15, -0.1) is 0 Å². The van der Waals surface area contributed by atoms with Gasteiger partial charge in [-0.05, 0) is 107 Å². The van der Waals surface area contributed by atoms with E-state index in [1.807, 2.05) is 0 Å². The van der Waals surface area contributed by atoms with Gasteiger partial charge >= 0.3 is 0 Å². The largest absolute Gasteiger partial charge is 0.310 e. The third kappa shape index (κ3) is 4.77. The number of hydrogen-bond acceptors (Lipinski definition) is 1. The maximum atomic E-state index is 2.50. The maximum absolute atomic E-state index is 2.50. The Morgan fingerprint density at radius 2 is 0.885 bits per heavy atom. The summed E-state index contributed by atoms with van der Waals surface area (Å²) in [6, 6.07) is 64.6. The molecule has 1 aliphatic rings. The Labute approximate surface area is 304 Å². The highest BCUT2D eigenvalue weighted by atomic mass is 15.1. The van der Waals surface area contributed by atoms with E-state index in [0.717, 1.165) is 11.4 Å². The van der Waals surface area contributed by atoms with E-state index in [0.29, 0.717) is 0 Å². The van der Waals surface area contributed by atoms with Gasteiger partial charge in [-0.2, -0.15) is 0 Å². The summed E-state index contributed by atoms with van der Waals surface area (Å²) in [6.07, 6.45) is 4.53. The van der Waals surface area contributed by atoms with Crippen LogP contribution in [0, 0.1) is 0 Å². The van der Waals surface area contributed by atoms with Crippen LogP contribution in [-0.4, -0.2) is 0 Å². The van der Waals surface area contributed by atoms with Crippen LogP contribution in [0.4, 0.5) is 17.1 Å². The summed E-state index contributed by atoms with van der Waals surface area (Å²) < 4.78 is 0. The molecule has 10 rings (SSSR count). The van der Waals surface area contributed by atoms with Gasteiger partial charge in [0.05, 0.1) is 5.69 Å². The fourth-order valence-corrected chi connectivity index (χ4v) is 8.56. The Kier molecular flexibility index (Phi) is 6.91. The number of benzene rings is 9. The van der Waals surface area contributed by atoms with E-state index in [-0.39, 0.29) is 5.41 Å². The normalized spacial score (nSPS) is 13.3. The van der Waals surface area contributed by atoms with Crippen LogP contribution in [-0.2, 0) is 5.41 Å². The molecule has 0 N–H and O–H groups in total. The van der Waals surface area contributed by atoms with Crippen LogP contribution in [0.1, 0.15) is 36.1 Å². The third-order valence-electron chi connectivity index (χ3n) is 11.2. The maximum Gasteiger partial charge on any atom is 0.0543 e. The average molecular weight is 664 g/mol. The first-order valence-electron chi connectivity index (χ1n) is 18.2. The Balaban J connectivity index is 1.25. The van der Waals surface area contributed by atoms with Crippen molar-refractivity contribution < 1.29 is 0 Å². The van der Waals surface area contributed by atoms with Crippen molar-refractivity contribution >= 4 is 72.3 Å². The van der Waals surface area contributed by atoms with Crippen molar-refractivity contribution in [2.75, 3.05) is 4.90 Å². The molecule has 9 aromatic rings. The van der Waals surface area contributed by atoms with Crippen molar-refractivity contribution in [3.8, 4) is 11.1 Å². The predicted molar refractivity (Wildman–Crippen MR) is 224 cm³/mol. The van der Waals surface area contributed by atoms with Crippen molar-refractivity contribution in [2.45, 2.75) is 19.3 Å². The van der Waals surface area contributed by atoms with Gasteiger partial charge in [0.2, 0.25) is 0 Å². The lowest BCUT2D eigenvalue weighted by atomic mass is 9.80. The lowest BCUT2D eigenvalue weighted by Gasteiger charge is -2.30. The van der Waals surface area contributed by atoms with Crippen molar-refractivity contribution in [2.24, 2.45) is 0 Å². The summed E-state index contributed by atoms with van der Waals surface area (Å²) in [6.45, 7) is 4.82. The Bertz CT molecular complexity index is 2800. The molecule has 0 aliphatic heterocycles. The SMILES string of the molecule is CC1(C)c2cc(C=Cc3ccccc3)c3ccccc3c2-c2c1cc(N(c1ccc3ccccc3c1)c1ccc3ccccc3c1)c1ccccc21. The zero-order valence-electron chi connectivity index (χ0n) is 29.3. The molecule has 52 heavy (non-hydrogen) atoms. The minimum atomic E-state index is -0.235. The molecular formula is C51H37N. The van der Waals surface area contributed by atoms with Crippen molar-refractivity contribution in [1.29, 1.82) is 0 Å². The Morgan fingerprint density at radius 1 is 0.404 bits per heavy atom. The molecular weight excluding hydrogens is 627 g/mol. The second kappa shape index (κ2) is 11.8. The topological polar surface area (TPSA) is 3.24 Å². The second-order valence-corrected chi connectivity index (χ2v) is 14.6. The molecule has 1 aliphatic carbocycles. The number of nitrogens with zero attached hydrogens (tertiary/aromatic N) is 1. The molecule has 9 aromatic carbocycles. The lowest BCUT2D eigenvalue weighted by molar-refractivity contribution is 0.661. The van der Waals surface area contributed by atoms with Gasteiger partial charge in [-0.25, -0.2) is 0 Å². The highest BCUT2D eigenvalue weighted by Gasteiger charge is 2.39. The van der Waals surface area contributed by atoms with Gasteiger partial charge in [-0.3, -0.25) is 0 Å². The van der Waals surface area contributed by atoms with E-state index in [2.05, 4.69) is 207 Å². The first kappa shape index (κ1) is 30.4. The van der Waals surface area contributed by atoms with E-state index in [1.54, 1.807) is 0 Å². The first-order valence-corrected chi connectivity index (χ1v) is 18.2. The van der Waals surface area contributed by atoms with E-state index < -0.39 is 0 Å². The van der Waals surface area contributed by atoms with Crippen molar-refractivity contribution in [3.05, 3.63) is 198 Å². The Morgan fingerprint density at radius 3 is 1.50 bits per heavy atom. The summed E-state index contributed by atoms with van der Waals surface area (Å²) in [7, 11) is 0. The highest BCUT2D eigenvalue weighted by molar-refractivity contribution is 6.16. The van der Waals surface area contributed by atoms with Gasteiger partial charge in [-0.1, -0.05) is 166 Å². The van der Waals surface area contributed by atoms with Gasteiger partial charge in [0.15, 0.2) is 0 Å². The molecule has 0 saturated carbocycles. The van der Waals surface area contributed by atoms with Crippen LogP contribution >= 0.6 is 0 Å². The number of anilines is 3. The summed E-state index contributed by atoms with van der Waals surface area (Å²) in [5, 5.41) is 10.0. The van der Waals surface area contributed by atoms with E-state index in [4.69, 9.17) is 0 Å². The van der Waals surface area contributed by atoms with Gasteiger partial charge in [0, 0.05) is 22.2 Å². The van der Waals surface area contributed by atoms with E-state index in [1.165, 1.54) is 82.2 Å². The standard InChI is InChI=1S/C51H37N/c1-51(2)46-32-39(25-24-34-14-4-3-5-15-34)42-20-10-12-22-44(42)49(46)50-45-23-13-11-21-43(45)48(33-47(50)51)52(40-28-26-35-16-6-8-18-37(35)30-40)41-29-27-36-17-7-9-19-38(36)31-41/h3-33H,1-2H3. The van der Waals surface area contributed by atoms with Crippen LogP contribution < -0.4 is 4.90 Å². The van der Waals surface area contributed by atoms with Gasteiger partial charge in [0.1, 0.15) is 0 Å². The quantitative estimate of drug-likeness (QED) is 0.166. The monoisotopic (exact) mass is 663 g/mol. The molecule has 0 unspecified atom stereocenters.